The summed E-state index contributed by atoms with van der Waals surface area (Å²) in [6.07, 6.45) is 2.50. The summed E-state index contributed by atoms with van der Waals surface area (Å²) in [5, 5.41) is 10.5. The summed E-state index contributed by atoms with van der Waals surface area (Å²) in [5.41, 5.74) is 2.29. The summed E-state index contributed by atoms with van der Waals surface area (Å²) in [6.45, 7) is 4.00. The molecule has 1 fully saturated rings. The van der Waals surface area contributed by atoms with E-state index in [-0.39, 0.29) is 11.8 Å². The predicted molar refractivity (Wildman–Crippen MR) is 83.6 cm³/mol. The second-order valence-corrected chi connectivity index (χ2v) is 5.72. The second kappa shape index (κ2) is 6.17. The summed E-state index contributed by atoms with van der Waals surface area (Å²) >= 11 is 0. The van der Waals surface area contributed by atoms with Gasteiger partial charge in [-0.2, -0.15) is 5.10 Å². The number of H-pyrrole nitrogens is 1. The average molecular weight is 300 g/mol. The Bertz CT molecular complexity index is 701. The highest BCUT2D eigenvalue weighted by molar-refractivity contribution is 6.04. The Morgan fingerprint density at radius 2 is 2.09 bits per heavy atom. The van der Waals surface area contributed by atoms with E-state index in [9.17, 15) is 9.59 Å². The minimum atomic E-state index is -0.244. The standard InChI is InChI=1S/C16H20N4O2/c1-11-4-5-13-12(10-11)15(19-18-13)16(22)17-7-6-14(21)20-8-2-3-9-20/h4-5,10H,2-3,6-9H2,1H3,(H,17,22)(H,18,19). The Labute approximate surface area is 128 Å². The largest absolute Gasteiger partial charge is 0.350 e. The molecule has 2 N–H and O–H groups in total. The lowest BCUT2D eigenvalue weighted by Crippen LogP contribution is -2.32. The summed E-state index contributed by atoms with van der Waals surface area (Å²) in [7, 11) is 0. The second-order valence-electron chi connectivity index (χ2n) is 5.72. The quantitative estimate of drug-likeness (QED) is 0.900. The van der Waals surface area contributed by atoms with Crippen molar-refractivity contribution in [3.63, 3.8) is 0 Å². The van der Waals surface area contributed by atoms with Gasteiger partial charge in [0.1, 0.15) is 0 Å². The van der Waals surface area contributed by atoms with Crippen molar-refractivity contribution >= 4 is 22.7 Å². The Kier molecular flexibility index (Phi) is 4.09. The molecule has 2 aromatic rings. The molecule has 6 nitrogen and oxygen atoms in total. The van der Waals surface area contributed by atoms with E-state index >= 15 is 0 Å². The maximum Gasteiger partial charge on any atom is 0.272 e. The number of hydrogen-bond donors (Lipinski definition) is 2. The van der Waals surface area contributed by atoms with Crippen molar-refractivity contribution in [1.29, 1.82) is 0 Å². The van der Waals surface area contributed by atoms with E-state index in [2.05, 4.69) is 15.5 Å². The molecule has 1 aromatic heterocycles. The number of fused-ring (bicyclic) bond motifs is 1. The van der Waals surface area contributed by atoms with Crippen LogP contribution in [-0.2, 0) is 4.79 Å². The van der Waals surface area contributed by atoms with Gasteiger partial charge < -0.3 is 10.2 Å². The number of aromatic nitrogens is 2. The summed E-state index contributed by atoms with van der Waals surface area (Å²) in [4.78, 5) is 26.0. The highest BCUT2D eigenvalue weighted by Gasteiger charge is 2.18. The molecule has 0 unspecified atom stereocenters. The first-order valence-corrected chi connectivity index (χ1v) is 7.66. The number of hydrogen-bond acceptors (Lipinski definition) is 3. The molecule has 0 bridgehead atoms. The molecule has 0 saturated carbocycles. The van der Waals surface area contributed by atoms with Crippen LogP contribution in [-0.4, -0.2) is 46.5 Å². The molecule has 1 aliphatic rings. The number of nitrogens with zero attached hydrogens (tertiary/aromatic N) is 2. The van der Waals surface area contributed by atoms with Crippen molar-refractivity contribution in [2.24, 2.45) is 0 Å². The lowest BCUT2D eigenvalue weighted by Gasteiger charge is -2.14. The molecule has 1 aliphatic heterocycles. The molecular formula is C16H20N4O2. The van der Waals surface area contributed by atoms with Crippen molar-refractivity contribution in [2.75, 3.05) is 19.6 Å². The van der Waals surface area contributed by atoms with E-state index in [1.165, 1.54) is 0 Å². The molecule has 0 atom stereocenters. The molecule has 22 heavy (non-hydrogen) atoms. The topological polar surface area (TPSA) is 78.1 Å². The van der Waals surface area contributed by atoms with Gasteiger partial charge in [-0.3, -0.25) is 14.7 Å². The maximum absolute atomic E-state index is 12.2. The molecular weight excluding hydrogens is 280 g/mol. The van der Waals surface area contributed by atoms with Crippen LogP contribution in [0.15, 0.2) is 18.2 Å². The van der Waals surface area contributed by atoms with Crippen molar-refractivity contribution < 1.29 is 9.59 Å². The first-order chi connectivity index (χ1) is 10.6. The van der Waals surface area contributed by atoms with Crippen LogP contribution in [0.4, 0.5) is 0 Å². The molecule has 3 rings (SSSR count). The fourth-order valence-corrected chi connectivity index (χ4v) is 2.79. The maximum atomic E-state index is 12.2. The third kappa shape index (κ3) is 2.95. The van der Waals surface area contributed by atoms with Gasteiger partial charge in [-0.05, 0) is 31.9 Å². The number of nitrogens with one attached hydrogen (secondary N) is 2. The van der Waals surface area contributed by atoms with Gasteiger partial charge in [0.25, 0.3) is 5.91 Å². The summed E-state index contributed by atoms with van der Waals surface area (Å²) in [6, 6.07) is 5.81. The first kappa shape index (κ1) is 14.6. The zero-order chi connectivity index (χ0) is 15.5. The SMILES string of the molecule is Cc1ccc2[nH]nc(C(=O)NCCC(=O)N3CCCC3)c2c1. The van der Waals surface area contributed by atoms with Crippen LogP contribution in [0.5, 0.6) is 0 Å². The lowest BCUT2D eigenvalue weighted by molar-refractivity contribution is -0.129. The van der Waals surface area contributed by atoms with E-state index in [1.807, 2.05) is 30.0 Å². The number of aromatic amines is 1. The van der Waals surface area contributed by atoms with Crippen LogP contribution in [0, 0.1) is 6.92 Å². The molecule has 116 valence electrons. The minimum absolute atomic E-state index is 0.112. The van der Waals surface area contributed by atoms with Crippen LogP contribution in [0.25, 0.3) is 10.9 Å². The van der Waals surface area contributed by atoms with E-state index in [4.69, 9.17) is 0 Å². The molecule has 0 radical (unpaired) electrons. The third-order valence-corrected chi connectivity index (χ3v) is 4.02. The lowest BCUT2D eigenvalue weighted by atomic mass is 10.1. The monoisotopic (exact) mass is 300 g/mol. The number of likely N-dealkylation sites (tertiary alicyclic amines) is 1. The molecule has 1 saturated heterocycles. The van der Waals surface area contributed by atoms with Crippen LogP contribution in [0.1, 0.15) is 35.3 Å². The number of amides is 2. The first-order valence-electron chi connectivity index (χ1n) is 7.66. The van der Waals surface area contributed by atoms with E-state index in [1.54, 1.807) is 0 Å². The predicted octanol–water partition coefficient (Wildman–Crippen LogP) is 1.61. The average Bonchev–Trinajstić information content (AvgIpc) is 3.16. The zero-order valence-electron chi connectivity index (χ0n) is 12.7. The Balaban J connectivity index is 1.59. The van der Waals surface area contributed by atoms with Gasteiger partial charge in [0.15, 0.2) is 5.69 Å². The van der Waals surface area contributed by atoms with Gasteiger partial charge in [0.2, 0.25) is 5.91 Å². The molecule has 0 spiro atoms. The third-order valence-electron chi connectivity index (χ3n) is 4.02. The van der Waals surface area contributed by atoms with Crippen LogP contribution < -0.4 is 5.32 Å². The minimum Gasteiger partial charge on any atom is -0.350 e. The molecule has 6 heteroatoms. The van der Waals surface area contributed by atoms with Gasteiger partial charge in [-0.1, -0.05) is 11.6 Å². The number of aryl methyl sites for hydroxylation is 1. The van der Waals surface area contributed by atoms with Crippen molar-refractivity contribution in [3.05, 3.63) is 29.5 Å². The van der Waals surface area contributed by atoms with Gasteiger partial charge in [0, 0.05) is 31.4 Å². The number of benzene rings is 1. The highest BCUT2D eigenvalue weighted by Crippen LogP contribution is 2.17. The van der Waals surface area contributed by atoms with Crippen molar-refractivity contribution in [1.82, 2.24) is 20.4 Å². The molecule has 1 aromatic carbocycles. The summed E-state index contributed by atoms with van der Waals surface area (Å²) in [5.74, 6) is -0.133. The number of rotatable bonds is 4. The van der Waals surface area contributed by atoms with Crippen LogP contribution >= 0.6 is 0 Å². The van der Waals surface area contributed by atoms with Crippen LogP contribution in [0.3, 0.4) is 0 Å². The number of carbonyl (C=O) groups is 2. The zero-order valence-corrected chi connectivity index (χ0v) is 12.7. The van der Waals surface area contributed by atoms with Gasteiger partial charge in [0.05, 0.1) is 5.52 Å². The van der Waals surface area contributed by atoms with Gasteiger partial charge in [-0.15, -0.1) is 0 Å². The Hall–Kier alpha value is -2.37. The summed E-state index contributed by atoms with van der Waals surface area (Å²) < 4.78 is 0. The fraction of sp³-hybridized carbons (Fsp3) is 0.438. The fourth-order valence-electron chi connectivity index (χ4n) is 2.79. The van der Waals surface area contributed by atoms with Crippen molar-refractivity contribution in [2.45, 2.75) is 26.2 Å². The van der Waals surface area contributed by atoms with Gasteiger partial charge >= 0.3 is 0 Å². The number of carbonyl (C=O) groups excluding carboxylic acids is 2. The molecule has 2 amide bonds. The van der Waals surface area contributed by atoms with E-state index in [0.29, 0.717) is 18.7 Å². The van der Waals surface area contributed by atoms with E-state index in [0.717, 1.165) is 42.4 Å². The Morgan fingerprint density at radius 3 is 2.86 bits per heavy atom. The van der Waals surface area contributed by atoms with Crippen LogP contribution in [0.2, 0.25) is 0 Å². The normalized spacial score (nSPS) is 14.5. The van der Waals surface area contributed by atoms with Crippen molar-refractivity contribution in [3.8, 4) is 0 Å². The molecule has 0 aliphatic carbocycles. The van der Waals surface area contributed by atoms with E-state index < -0.39 is 0 Å². The Morgan fingerprint density at radius 1 is 1.32 bits per heavy atom. The molecule has 2 heterocycles. The highest BCUT2D eigenvalue weighted by atomic mass is 16.2. The smallest absolute Gasteiger partial charge is 0.272 e. The van der Waals surface area contributed by atoms with Gasteiger partial charge in [-0.25, -0.2) is 0 Å².